The highest BCUT2D eigenvalue weighted by atomic mass is 19.1. The average molecular weight is 643 g/mol. The van der Waals surface area contributed by atoms with E-state index in [0.29, 0.717) is 33.8 Å². The molecule has 0 saturated carbocycles. The Bertz CT molecular complexity index is 1680. The van der Waals surface area contributed by atoms with Crippen LogP contribution in [0.15, 0.2) is 84.9 Å². The van der Waals surface area contributed by atoms with Crippen molar-refractivity contribution in [2.75, 3.05) is 5.32 Å². The molecular formula is C37H39FN2O7. The molecule has 3 aromatic carbocycles. The van der Waals surface area contributed by atoms with Gasteiger partial charge in [-0.2, -0.15) is 0 Å². The van der Waals surface area contributed by atoms with Crippen LogP contribution in [0.2, 0.25) is 0 Å². The van der Waals surface area contributed by atoms with Crippen LogP contribution in [0.5, 0.6) is 0 Å². The summed E-state index contributed by atoms with van der Waals surface area (Å²) in [7, 11) is 0. The van der Waals surface area contributed by atoms with E-state index >= 15 is 0 Å². The van der Waals surface area contributed by atoms with Gasteiger partial charge in [0.25, 0.3) is 5.91 Å². The van der Waals surface area contributed by atoms with Gasteiger partial charge in [-0.25, -0.2) is 4.39 Å². The van der Waals surface area contributed by atoms with Gasteiger partial charge in [0.1, 0.15) is 18.0 Å². The van der Waals surface area contributed by atoms with Crippen molar-refractivity contribution in [3.05, 3.63) is 102 Å². The number of para-hydroxylation sites is 1. The van der Waals surface area contributed by atoms with Crippen LogP contribution in [0.4, 0.5) is 10.1 Å². The Morgan fingerprint density at radius 3 is 1.94 bits per heavy atom. The van der Waals surface area contributed by atoms with Crippen LogP contribution in [0, 0.1) is 5.82 Å². The van der Waals surface area contributed by atoms with Crippen LogP contribution >= 0.6 is 0 Å². The molecule has 0 bridgehead atoms. The van der Waals surface area contributed by atoms with Crippen molar-refractivity contribution >= 4 is 29.5 Å². The molecule has 0 aliphatic carbocycles. The summed E-state index contributed by atoms with van der Waals surface area (Å²) < 4.78 is 27.0. The molecule has 0 aliphatic rings. The zero-order valence-corrected chi connectivity index (χ0v) is 26.9. The number of halogens is 1. The van der Waals surface area contributed by atoms with Crippen LogP contribution in [0.3, 0.4) is 0 Å². The quantitative estimate of drug-likeness (QED) is 0.137. The number of amides is 1. The molecule has 47 heavy (non-hydrogen) atoms. The van der Waals surface area contributed by atoms with Gasteiger partial charge in [-0.1, -0.05) is 62.4 Å². The minimum Gasteiger partial charge on any atom is -0.481 e. The van der Waals surface area contributed by atoms with Gasteiger partial charge in [-0.05, 0) is 53.4 Å². The van der Waals surface area contributed by atoms with E-state index in [4.69, 9.17) is 9.47 Å². The number of carbonyl (C=O) groups excluding carboxylic acids is 3. The monoisotopic (exact) mass is 642 g/mol. The minimum atomic E-state index is -1.16. The Morgan fingerprint density at radius 2 is 1.38 bits per heavy atom. The number of hydrogen-bond acceptors (Lipinski definition) is 6. The number of carbonyl (C=O) groups is 4. The normalized spacial score (nSPS) is 12.3. The number of benzene rings is 3. The van der Waals surface area contributed by atoms with Crippen LogP contribution < -0.4 is 5.32 Å². The summed E-state index contributed by atoms with van der Waals surface area (Å²) in [4.78, 5) is 49.7. The third kappa shape index (κ3) is 9.16. The molecular weight excluding hydrogens is 603 g/mol. The summed E-state index contributed by atoms with van der Waals surface area (Å²) >= 11 is 0. The van der Waals surface area contributed by atoms with Gasteiger partial charge in [0.15, 0.2) is 0 Å². The number of aromatic nitrogens is 1. The standard InChI is InChI=1S/C37H39FN2O7/c1-23(2)35-34(37(45)39-29-13-9-6-10-14-29)33(26-11-7-5-8-12-26)36(27-15-17-28(38)18-16-27)40(35)20-19-30(46-24(3)41)21-31(22-32(43)44)47-25(4)42/h5-18,23,30-31H,19-22H2,1-4H3,(H,39,45)(H,43,44)/t30-,31-/m1/s1. The summed E-state index contributed by atoms with van der Waals surface area (Å²) in [5.41, 5.74) is 4.54. The Morgan fingerprint density at radius 1 is 0.809 bits per heavy atom. The van der Waals surface area contributed by atoms with Gasteiger partial charge in [0.2, 0.25) is 0 Å². The summed E-state index contributed by atoms with van der Waals surface area (Å²) in [5.74, 6) is -3.29. The van der Waals surface area contributed by atoms with Gasteiger partial charge >= 0.3 is 17.9 Å². The fraction of sp³-hybridized carbons (Fsp3) is 0.297. The molecule has 10 heteroatoms. The lowest BCUT2D eigenvalue weighted by Gasteiger charge is -2.24. The molecule has 4 aromatic rings. The first-order valence-electron chi connectivity index (χ1n) is 15.4. The Balaban J connectivity index is 1.91. The molecule has 0 fully saturated rings. The second kappa shape index (κ2) is 15.8. The van der Waals surface area contributed by atoms with Crippen molar-refractivity contribution in [2.24, 2.45) is 0 Å². The number of rotatable bonds is 14. The van der Waals surface area contributed by atoms with E-state index < -0.39 is 42.4 Å². The molecule has 4 rings (SSSR count). The zero-order valence-electron chi connectivity index (χ0n) is 26.9. The molecule has 0 saturated heterocycles. The van der Waals surface area contributed by atoms with Gasteiger partial charge < -0.3 is 24.5 Å². The Kier molecular flexibility index (Phi) is 11.7. The molecule has 0 unspecified atom stereocenters. The molecule has 9 nitrogen and oxygen atoms in total. The van der Waals surface area contributed by atoms with Crippen molar-refractivity contribution in [1.29, 1.82) is 0 Å². The van der Waals surface area contributed by atoms with E-state index in [1.165, 1.54) is 26.0 Å². The molecule has 2 N–H and O–H groups in total. The number of esters is 2. The van der Waals surface area contributed by atoms with Crippen molar-refractivity contribution < 1.29 is 38.1 Å². The number of carboxylic acid groups (broad SMARTS) is 1. The molecule has 246 valence electrons. The highest BCUT2D eigenvalue weighted by Gasteiger charge is 2.32. The molecule has 1 amide bonds. The number of carboxylic acids is 1. The summed E-state index contributed by atoms with van der Waals surface area (Å²) in [6, 6.07) is 24.6. The number of hydrogen-bond donors (Lipinski definition) is 2. The zero-order chi connectivity index (χ0) is 34.1. The van der Waals surface area contributed by atoms with Crippen LogP contribution in [0.1, 0.15) is 68.9 Å². The minimum absolute atomic E-state index is 0.0392. The maximum atomic E-state index is 14.3. The third-order valence-corrected chi connectivity index (χ3v) is 7.56. The fourth-order valence-corrected chi connectivity index (χ4v) is 5.84. The van der Waals surface area contributed by atoms with E-state index in [1.807, 2.05) is 66.9 Å². The van der Waals surface area contributed by atoms with E-state index in [1.54, 1.807) is 24.3 Å². The van der Waals surface area contributed by atoms with Crippen LogP contribution in [0.25, 0.3) is 22.4 Å². The summed E-state index contributed by atoms with van der Waals surface area (Å²) in [6.07, 6.45) is -2.13. The smallest absolute Gasteiger partial charge is 0.307 e. The highest BCUT2D eigenvalue weighted by molar-refractivity contribution is 6.12. The third-order valence-electron chi connectivity index (χ3n) is 7.56. The lowest BCUT2D eigenvalue weighted by Crippen LogP contribution is -2.29. The highest BCUT2D eigenvalue weighted by Crippen LogP contribution is 2.42. The average Bonchev–Trinajstić information content (AvgIpc) is 3.36. The Hall–Kier alpha value is -5.25. The van der Waals surface area contributed by atoms with Crippen molar-refractivity contribution in [3.8, 4) is 22.4 Å². The first-order chi connectivity index (χ1) is 22.4. The number of aliphatic carboxylic acids is 1. The molecule has 0 aliphatic heterocycles. The van der Waals surface area contributed by atoms with Crippen molar-refractivity contribution in [2.45, 2.75) is 71.6 Å². The second-order valence-corrected chi connectivity index (χ2v) is 11.6. The lowest BCUT2D eigenvalue weighted by atomic mass is 9.94. The fourth-order valence-electron chi connectivity index (χ4n) is 5.84. The second-order valence-electron chi connectivity index (χ2n) is 11.6. The topological polar surface area (TPSA) is 124 Å². The van der Waals surface area contributed by atoms with Gasteiger partial charge in [-0.15, -0.1) is 0 Å². The van der Waals surface area contributed by atoms with Gasteiger partial charge in [0.05, 0.1) is 17.7 Å². The van der Waals surface area contributed by atoms with Crippen molar-refractivity contribution in [3.63, 3.8) is 0 Å². The first kappa shape index (κ1) is 34.6. The number of nitrogens with zero attached hydrogens (tertiary/aromatic N) is 1. The lowest BCUT2D eigenvalue weighted by molar-refractivity contribution is -0.155. The van der Waals surface area contributed by atoms with E-state index in [0.717, 1.165) is 5.56 Å². The maximum Gasteiger partial charge on any atom is 0.307 e. The largest absolute Gasteiger partial charge is 0.481 e. The molecule has 1 heterocycles. The maximum absolute atomic E-state index is 14.3. The van der Waals surface area contributed by atoms with E-state index in [2.05, 4.69) is 5.32 Å². The summed E-state index contributed by atoms with van der Waals surface area (Å²) in [6.45, 7) is 6.62. The Labute approximate surface area is 273 Å². The number of ether oxygens (including phenoxy) is 2. The molecule has 0 radical (unpaired) electrons. The van der Waals surface area contributed by atoms with Gasteiger partial charge in [0, 0.05) is 50.2 Å². The molecule has 2 atom stereocenters. The summed E-state index contributed by atoms with van der Waals surface area (Å²) in [5, 5.41) is 12.4. The number of nitrogens with one attached hydrogen (secondary N) is 1. The predicted octanol–water partition coefficient (Wildman–Crippen LogP) is 7.46. The van der Waals surface area contributed by atoms with Crippen LogP contribution in [-0.4, -0.2) is 45.7 Å². The molecule has 0 spiro atoms. The van der Waals surface area contributed by atoms with Crippen molar-refractivity contribution in [1.82, 2.24) is 4.57 Å². The first-order valence-corrected chi connectivity index (χ1v) is 15.4. The predicted molar refractivity (Wildman–Crippen MR) is 176 cm³/mol. The number of anilines is 1. The van der Waals surface area contributed by atoms with E-state index in [9.17, 15) is 28.7 Å². The molecule has 1 aromatic heterocycles. The van der Waals surface area contributed by atoms with E-state index in [-0.39, 0.29) is 31.2 Å². The van der Waals surface area contributed by atoms with Gasteiger partial charge in [-0.3, -0.25) is 19.2 Å². The SMILES string of the molecule is CC(=O)O[C@H](CCn1c(-c2ccc(F)cc2)c(-c2ccccc2)c(C(=O)Nc2ccccc2)c1C(C)C)C[C@H](CC(=O)O)OC(C)=O. The van der Waals surface area contributed by atoms with Crippen LogP contribution in [-0.2, 0) is 30.4 Å².